The highest BCUT2D eigenvalue weighted by Gasteiger charge is 2.18. The molecule has 0 saturated carbocycles. The Labute approximate surface area is 167 Å². The lowest BCUT2D eigenvalue weighted by molar-refractivity contribution is 0.171. The molecule has 0 saturated heterocycles. The van der Waals surface area contributed by atoms with Gasteiger partial charge in [-0.05, 0) is 17.7 Å². The number of halogens is 1. The van der Waals surface area contributed by atoms with Crippen LogP contribution in [0.3, 0.4) is 0 Å². The summed E-state index contributed by atoms with van der Waals surface area (Å²) >= 11 is 7.94. The summed E-state index contributed by atoms with van der Waals surface area (Å²) < 4.78 is 13.3. The van der Waals surface area contributed by atoms with Gasteiger partial charge in [-0.2, -0.15) is 0 Å². The largest absolute Gasteiger partial charge is 0.486 e. The highest BCUT2D eigenvalue weighted by Crippen LogP contribution is 2.39. The summed E-state index contributed by atoms with van der Waals surface area (Å²) in [5.74, 6) is 2.85. The Hall–Kier alpha value is -2.44. The number of ether oxygens (including phenoxy) is 2. The van der Waals surface area contributed by atoms with Crippen LogP contribution in [0.4, 0.5) is 0 Å². The van der Waals surface area contributed by atoms with Gasteiger partial charge in [-0.1, -0.05) is 59.8 Å². The van der Waals surface area contributed by atoms with E-state index in [9.17, 15) is 0 Å². The van der Waals surface area contributed by atoms with Crippen LogP contribution < -0.4 is 9.47 Å². The van der Waals surface area contributed by atoms with Crippen LogP contribution in [-0.4, -0.2) is 28.0 Å². The first-order valence-corrected chi connectivity index (χ1v) is 9.93. The first kappa shape index (κ1) is 17.9. The Balaban J connectivity index is 1.57. The molecule has 0 atom stereocenters. The maximum Gasteiger partial charge on any atom is 0.192 e. The van der Waals surface area contributed by atoms with E-state index in [1.807, 2.05) is 48.5 Å². The minimum Gasteiger partial charge on any atom is -0.486 e. The molecule has 2 aromatic carbocycles. The third-order valence-electron chi connectivity index (χ3n) is 4.09. The third-order valence-corrected chi connectivity index (χ3v) is 5.40. The molecule has 2 heterocycles. The predicted molar refractivity (Wildman–Crippen MR) is 108 cm³/mol. The molecule has 0 amide bonds. The van der Waals surface area contributed by atoms with Crippen LogP contribution >= 0.6 is 23.4 Å². The van der Waals surface area contributed by atoms with Gasteiger partial charge in [0.05, 0.1) is 5.02 Å². The monoisotopic (exact) mass is 399 g/mol. The molecule has 0 spiro atoms. The lowest BCUT2D eigenvalue weighted by Crippen LogP contribution is -2.15. The molecule has 0 N–H and O–H groups in total. The van der Waals surface area contributed by atoms with Crippen LogP contribution in [0.5, 0.6) is 11.5 Å². The van der Waals surface area contributed by atoms with E-state index in [-0.39, 0.29) is 0 Å². The minimum absolute atomic E-state index is 0.522. The van der Waals surface area contributed by atoms with E-state index >= 15 is 0 Å². The smallest absolute Gasteiger partial charge is 0.192 e. The molecule has 1 aliphatic heterocycles. The fraction of sp³-hybridized carbons (Fsp3) is 0.200. The van der Waals surface area contributed by atoms with E-state index in [0.717, 1.165) is 22.1 Å². The van der Waals surface area contributed by atoms with Crippen molar-refractivity contribution in [3.05, 3.63) is 65.7 Å². The molecular formula is C20H18ClN3O2S. The van der Waals surface area contributed by atoms with Gasteiger partial charge in [-0.25, -0.2) is 0 Å². The van der Waals surface area contributed by atoms with Crippen LogP contribution in [0.25, 0.3) is 11.4 Å². The predicted octanol–water partition coefficient (Wildman–Crippen LogP) is 4.85. The number of allylic oxidation sites excluding steroid dienone is 1. The Kier molecular flexibility index (Phi) is 5.36. The average Bonchev–Trinajstić information content (AvgIpc) is 3.10. The van der Waals surface area contributed by atoms with Crippen LogP contribution in [0, 0.1) is 0 Å². The van der Waals surface area contributed by atoms with E-state index in [1.54, 1.807) is 11.8 Å². The van der Waals surface area contributed by atoms with E-state index < -0.39 is 0 Å². The molecule has 1 aliphatic rings. The van der Waals surface area contributed by atoms with Crippen molar-refractivity contribution in [2.75, 3.05) is 13.2 Å². The number of hydrogen-bond donors (Lipinski definition) is 0. The SMILES string of the molecule is C=CCn1c(SCc2cc(Cl)c3c(c2)OCCO3)nnc1-c1ccccc1. The molecule has 0 unspecified atom stereocenters. The lowest BCUT2D eigenvalue weighted by atomic mass is 10.2. The maximum atomic E-state index is 6.33. The van der Waals surface area contributed by atoms with E-state index in [1.165, 1.54) is 0 Å². The van der Waals surface area contributed by atoms with Crippen molar-refractivity contribution < 1.29 is 9.47 Å². The second kappa shape index (κ2) is 8.06. The highest BCUT2D eigenvalue weighted by atomic mass is 35.5. The molecule has 7 heteroatoms. The number of benzene rings is 2. The maximum absolute atomic E-state index is 6.33. The Morgan fingerprint density at radius 2 is 1.96 bits per heavy atom. The third kappa shape index (κ3) is 3.82. The molecule has 1 aromatic heterocycles. The van der Waals surface area contributed by atoms with Gasteiger partial charge < -0.3 is 9.47 Å². The van der Waals surface area contributed by atoms with Gasteiger partial charge in [0, 0.05) is 17.9 Å². The van der Waals surface area contributed by atoms with Crippen molar-refractivity contribution in [2.24, 2.45) is 0 Å². The quantitative estimate of drug-likeness (QED) is 0.438. The van der Waals surface area contributed by atoms with E-state index in [0.29, 0.717) is 42.0 Å². The number of thioether (sulfide) groups is 1. The van der Waals surface area contributed by atoms with Crippen LogP contribution in [0.15, 0.2) is 60.3 Å². The zero-order valence-electron chi connectivity index (χ0n) is 14.6. The van der Waals surface area contributed by atoms with Gasteiger partial charge >= 0.3 is 0 Å². The van der Waals surface area contributed by atoms with Crippen molar-refractivity contribution in [2.45, 2.75) is 17.5 Å². The first-order chi connectivity index (χ1) is 13.3. The number of aromatic nitrogens is 3. The van der Waals surface area contributed by atoms with Crippen LogP contribution in [-0.2, 0) is 12.3 Å². The highest BCUT2D eigenvalue weighted by molar-refractivity contribution is 7.98. The Bertz CT molecular complexity index is 959. The molecule has 27 heavy (non-hydrogen) atoms. The lowest BCUT2D eigenvalue weighted by Gasteiger charge is -2.20. The van der Waals surface area contributed by atoms with Crippen LogP contribution in [0.2, 0.25) is 5.02 Å². The second-order valence-electron chi connectivity index (χ2n) is 5.96. The molecule has 0 fully saturated rings. The summed E-state index contributed by atoms with van der Waals surface area (Å²) in [6.07, 6.45) is 1.85. The van der Waals surface area contributed by atoms with Gasteiger partial charge in [0.15, 0.2) is 22.5 Å². The second-order valence-corrected chi connectivity index (χ2v) is 7.31. The number of nitrogens with zero attached hydrogens (tertiary/aromatic N) is 3. The normalized spacial score (nSPS) is 12.8. The Morgan fingerprint density at radius 1 is 1.15 bits per heavy atom. The van der Waals surface area contributed by atoms with E-state index in [4.69, 9.17) is 21.1 Å². The zero-order valence-corrected chi connectivity index (χ0v) is 16.2. The summed E-state index contributed by atoms with van der Waals surface area (Å²) in [4.78, 5) is 0. The summed E-state index contributed by atoms with van der Waals surface area (Å²) in [5.41, 5.74) is 2.07. The van der Waals surface area contributed by atoms with Crippen molar-refractivity contribution >= 4 is 23.4 Å². The van der Waals surface area contributed by atoms with Gasteiger partial charge in [-0.3, -0.25) is 4.57 Å². The first-order valence-electron chi connectivity index (χ1n) is 8.56. The number of hydrogen-bond acceptors (Lipinski definition) is 5. The summed E-state index contributed by atoms with van der Waals surface area (Å²) in [7, 11) is 0. The summed E-state index contributed by atoms with van der Waals surface area (Å²) in [5, 5.41) is 10.2. The standard InChI is InChI=1S/C20H18ClN3O2S/c1-2-8-24-19(15-6-4-3-5-7-15)22-23-20(24)27-13-14-11-16(21)18-17(12-14)25-9-10-26-18/h2-7,11-12H,1,8-10,13H2. The van der Waals surface area contributed by atoms with E-state index in [2.05, 4.69) is 21.3 Å². The van der Waals surface area contributed by atoms with Gasteiger partial charge in [0.2, 0.25) is 0 Å². The minimum atomic E-state index is 0.522. The molecule has 0 aliphatic carbocycles. The molecule has 0 bridgehead atoms. The van der Waals surface area contributed by atoms with Gasteiger partial charge in [-0.15, -0.1) is 16.8 Å². The van der Waals surface area contributed by atoms with Gasteiger partial charge in [0.1, 0.15) is 13.2 Å². The molecule has 0 radical (unpaired) electrons. The van der Waals surface area contributed by atoms with Crippen LogP contribution in [0.1, 0.15) is 5.56 Å². The molecule has 4 rings (SSSR count). The molecule has 138 valence electrons. The van der Waals surface area contributed by atoms with Gasteiger partial charge in [0.25, 0.3) is 0 Å². The topological polar surface area (TPSA) is 49.2 Å². The fourth-order valence-corrected chi connectivity index (χ4v) is 4.05. The number of rotatable bonds is 6. The van der Waals surface area contributed by atoms with Crippen molar-refractivity contribution in [1.82, 2.24) is 14.8 Å². The molecule has 5 nitrogen and oxygen atoms in total. The fourth-order valence-electron chi connectivity index (χ4n) is 2.89. The van der Waals surface area contributed by atoms with Crippen molar-refractivity contribution in [3.63, 3.8) is 0 Å². The molecular weight excluding hydrogens is 382 g/mol. The average molecular weight is 400 g/mol. The van der Waals surface area contributed by atoms with Crippen molar-refractivity contribution in [1.29, 1.82) is 0 Å². The zero-order chi connectivity index (χ0) is 18.6. The Morgan fingerprint density at radius 3 is 2.78 bits per heavy atom. The summed E-state index contributed by atoms with van der Waals surface area (Å²) in [6, 6.07) is 13.9. The molecule has 3 aromatic rings. The summed E-state index contributed by atoms with van der Waals surface area (Å²) in [6.45, 7) is 5.55. The van der Waals surface area contributed by atoms with Crippen molar-refractivity contribution in [3.8, 4) is 22.9 Å². The number of fused-ring (bicyclic) bond motifs is 1.